The van der Waals surface area contributed by atoms with Crippen molar-refractivity contribution in [3.05, 3.63) is 82.9 Å². The van der Waals surface area contributed by atoms with Crippen LogP contribution in [0.5, 0.6) is 17.2 Å². The molecule has 1 aromatic heterocycles. The molecule has 35 heavy (non-hydrogen) atoms. The zero-order valence-corrected chi connectivity index (χ0v) is 20.4. The van der Waals surface area contributed by atoms with Crippen LogP contribution in [0.1, 0.15) is 11.1 Å². The van der Waals surface area contributed by atoms with Gasteiger partial charge in [-0.15, -0.1) is 0 Å². The maximum atomic E-state index is 11.2. The van der Waals surface area contributed by atoms with Crippen molar-refractivity contribution in [1.29, 1.82) is 0 Å². The lowest BCUT2D eigenvalue weighted by Gasteiger charge is -2.14. The van der Waals surface area contributed by atoms with Crippen molar-refractivity contribution in [1.82, 2.24) is 9.78 Å². The van der Waals surface area contributed by atoms with Gasteiger partial charge in [0.2, 0.25) is 0 Å². The Kier molecular flexibility index (Phi) is 7.27. The number of carboxylic acid groups (broad SMARTS) is 1. The lowest BCUT2D eigenvalue weighted by atomic mass is 10.1. The molecule has 0 amide bonds. The van der Waals surface area contributed by atoms with Crippen LogP contribution in [-0.4, -0.2) is 41.7 Å². The summed E-state index contributed by atoms with van der Waals surface area (Å²) in [6.45, 7) is 1.86. The monoisotopic (exact) mass is 492 g/mol. The van der Waals surface area contributed by atoms with Gasteiger partial charge in [-0.3, -0.25) is 4.68 Å². The minimum Gasteiger partial charge on any atom is -0.493 e. The molecule has 3 aromatic carbocycles. The molecule has 0 aliphatic rings. The number of carboxylic acids is 1. The molecular formula is C27H25ClN2O5. The second-order valence-electron chi connectivity index (χ2n) is 7.88. The fraction of sp³-hybridized carbons (Fsp3) is 0.185. The third-order valence-corrected chi connectivity index (χ3v) is 5.93. The fourth-order valence-corrected chi connectivity index (χ4v) is 4.01. The van der Waals surface area contributed by atoms with E-state index in [2.05, 4.69) is 0 Å². The first-order valence-electron chi connectivity index (χ1n) is 10.9. The third-order valence-electron chi connectivity index (χ3n) is 5.52. The van der Waals surface area contributed by atoms with Gasteiger partial charge in [-0.05, 0) is 48.4 Å². The van der Waals surface area contributed by atoms with Gasteiger partial charge in [-0.2, -0.15) is 5.10 Å². The number of aromatic nitrogens is 2. The first-order chi connectivity index (χ1) is 16.9. The van der Waals surface area contributed by atoms with Gasteiger partial charge in [0.1, 0.15) is 5.75 Å². The van der Waals surface area contributed by atoms with Crippen molar-refractivity contribution >= 4 is 17.6 Å². The van der Waals surface area contributed by atoms with Gasteiger partial charge in [-0.25, -0.2) is 4.79 Å². The maximum absolute atomic E-state index is 11.2. The average molecular weight is 493 g/mol. The molecule has 8 heteroatoms. The molecule has 0 atom stereocenters. The van der Waals surface area contributed by atoms with Crippen LogP contribution < -0.4 is 14.2 Å². The number of para-hydroxylation sites is 1. The van der Waals surface area contributed by atoms with E-state index in [1.807, 2.05) is 66.2 Å². The zero-order chi connectivity index (χ0) is 24.9. The van der Waals surface area contributed by atoms with Crippen LogP contribution in [0.25, 0.3) is 22.5 Å². The highest BCUT2D eigenvalue weighted by molar-refractivity contribution is 6.31. The van der Waals surface area contributed by atoms with E-state index in [1.54, 1.807) is 26.4 Å². The Balaban J connectivity index is 1.90. The smallest absolute Gasteiger partial charge is 0.341 e. The molecule has 0 aliphatic heterocycles. The lowest BCUT2D eigenvalue weighted by Crippen LogP contribution is -2.10. The third kappa shape index (κ3) is 5.25. The molecule has 0 saturated carbocycles. The number of aliphatic carboxylic acids is 1. The van der Waals surface area contributed by atoms with Gasteiger partial charge in [0.25, 0.3) is 0 Å². The standard InChI is InChI=1S/C27H25ClN2O5/c1-17-12-25(35-16-26(31)32)20(13-21(17)28)22-14-23(19-10-7-11-24(33-2)27(19)34-3)30(29-22)15-18-8-5-4-6-9-18/h4-14H,15-16H2,1-3H3,(H,31,32). The van der Waals surface area contributed by atoms with Crippen molar-refractivity contribution in [2.75, 3.05) is 20.8 Å². The van der Waals surface area contributed by atoms with Crippen LogP contribution in [-0.2, 0) is 11.3 Å². The van der Waals surface area contributed by atoms with E-state index >= 15 is 0 Å². The summed E-state index contributed by atoms with van der Waals surface area (Å²) in [5, 5.41) is 14.5. The van der Waals surface area contributed by atoms with Crippen LogP contribution in [0.15, 0.2) is 66.7 Å². The molecule has 0 fully saturated rings. The summed E-state index contributed by atoms with van der Waals surface area (Å²) >= 11 is 6.44. The van der Waals surface area contributed by atoms with E-state index in [-0.39, 0.29) is 0 Å². The highest BCUT2D eigenvalue weighted by atomic mass is 35.5. The topological polar surface area (TPSA) is 82.8 Å². The molecule has 0 spiro atoms. The van der Waals surface area contributed by atoms with Crippen molar-refractivity contribution in [2.24, 2.45) is 0 Å². The molecule has 0 aliphatic carbocycles. The predicted octanol–water partition coefficient (Wildman–Crippen LogP) is 5.71. The Labute approximate surface area is 208 Å². The van der Waals surface area contributed by atoms with Gasteiger partial charge in [0, 0.05) is 16.1 Å². The van der Waals surface area contributed by atoms with Crippen molar-refractivity contribution < 1.29 is 24.1 Å². The van der Waals surface area contributed by atoms with Gasteiger partial charge < -0.3 is 19.3 Å². The highest BCUT2D eigenvalue weighted by Crippen LogP contribution is 2.41. The number of nitrogens with zero attached hydrogens (tertiary/aromatic N) is 2. The quantitative estimate of drug-likeness (QED) is 0.322. The second-order valence-corrected chi connectivity index (χ2v) is 8.29. The molecule has 7 nitrogen and oxygen atoms in total. The molecule has 1 N–H and O–H groups in total. The Morgan fingerprint density at radius 3 is 2.43 bits per heavy atom. The van der Waals surface area contributed by atoms with Gasteiger partial charge >= 0.3 is 5.97 Å². The van der Waals surface area contributed by atoms with Crippen LogP contribution in [0, 0.1) is 6.92 Å². The number of halogens is 1. The van der Waals surface area contributed by atoms with E-state index in [0.717, 1.165) is 22.4 Å². The van der Waals surface area contributed by atoms with Crippen LogP contribution in [0.2, 0.25) is 5.02 Å². The Morgan fingerprint density at radius 1 is 0.971 bits per heavy atom. The average Bonchev–Trinajstić information content (AvgIpc) is 3.27. The molecule has 180 valence electrons. The summed E-state index contributed by atoms with van der Waals surface area (Å²) in [5.41, 5.74) is 4.61. The Morgan fingerprint density at radius 2 is 1.74 bits per heavy atom. The Bertz CT molecular complexity index is 1350. The highest BCUT2D eigenvalue weighted by Gasteiger charge is 2.21. The SMILES string of the molecule is COc1cccc(-c2cc(-c3cc(Cl)c(C)cc3OCC(=O)O)nn2Cc2ccccc2)c1OC. The van der Waals surface area contributed by atoms with Gasteiger partial charge in [0.15, 0.2) is 18.1 Å². The fourth-order valence-electron chi connectivity index (χ4n) is 3.85. The number of hydrogen-bond acceptors (Lipinski definition) is 5. The number of ether oxygens (including phenoxy) is 3. The number of methoxy groups -OCH3 is 2. The van der Waals surface area contributed by atoms with Crippen LogP contribution >= 0.6 is 11.6 Å². The zero-order valence-electron chi connectivity index (χ0n) is 19.6. The summed E-state index contributed by atoms with van der Waals surface area (Å²) in [6, 6.07) is 21.0. The molecule has 1 heterocycles. The number of carbonyl (C=O) groups is 1. The minimum absolute atomic E-state index is 0.391. The first-order valence-corrected chi connectivity index (χ1v) is 11.3. The summed E-state index contributed by atoms with van der Waals surface area (Å²) in [6.07, 6.45) is 0. The molecule has 4 rings (SSSR count). The second kappa shape index (κ2) is 10.5. The summed E-state index contributed by atoms with van der Waals surface area (Å²) in [4.78, 5) is 11.2. The normalized spacial score (nSPS) is 10.7. The van der Waals surface area contributed by atoms with Crippen molar-refractivity contribution in [3.63, 3.8) is 0 Å². The van der Waals surface area contributed by atoms with Gasteiger partial charge in [0.05, 0.1) is 32.2 Å². The van der Waals surface area contributed by atoms with E-state index in [4.69, 9.17) is 36.0 Å². The number of hydrogen-bond donors (Lipinski definition) is 1. The first kappa shape index (κ1) is 24.2. The largest absolute Gasteiger partial charge is 0.493 e. The van der Waals surface area contributed by atoms with Crippen molar-refractivity contribution in [3.8, 4) is 39.8 Å². The van der Waals surface area contributed by atoms with E-state index < -0.39 is 12.6 Å². The number of rotatable bonds is 9. The molecule has 0 radical (unpaired) electrons. The molecule has 0 saturated heterocycles. The summed E-state index contributed by atoms with van der Waals surface area (Å²) in [7, 11) is 3.19. The minimum atomic E-state index is -1.07. The summed E-state index contributed by atoms with van der Waals surface area (Å²) in [5.74, 6) is 0.505. The van der Waals surface area contributed by atoms with Crippen LogP contribution in [0.4, 0.5) is 0 Å². The van der Waals surface area contributed by atoms with Crippen molar-refractivity contribution in [2.45, 2.75) is 13.5 Å². The van der Waals surface area contributed by atoms with E-state index in [0.29, 0.717) is 40.1 Å². The molecular weight excluding hydrogens is 468 g/mol. The van der Waals surface area contributed by atoms with E-state index in [1.165, 1.54) is 0 Å². The maximum Gasteiger partial charge on any atom is 0.341 e. The number of benzene rings is 3. The van der Waals surface area contributed by atoms with Crippen LogP contribution in [0.3, 0.4) is 0 Å². The summed E-state index contributed by atoms with van der Waals surface area (Å²) < 4.78 is 18.7. The number of aryl methyl sites for hydroxylation is 1. The lowest BCUT2D eigenvalue weighted by molar-refractivity contribution is -0.139. The molecule has 0 bridgehead atoms. The Hall–Kier alpha value is -3.97. The molecule has 4 aromatic rings. The van der Waals surface area contributed by atoms with E-state index in [9.17, 15) is 4.79 Å². The molecule has 0 unspecified atom stereocenters. The van der Waals surface area contributed by atoms with Gasteiger partial charge in [-0.1, -0.05) is 48.0 Å². The predicted molar refractivity (Wildman–Crippen MR) is 135 cm³/mol.